The van der Waals surface area contributed by atoms with Gasteiger partial charge >= 0.3 is 0 Å². The van der Waals surface area contributed by atoms with E-state index in [1.165, 1.54) is 12.8 Å². The van der Waals surface area contributed by atoms with E-state index in [2.05, 4.69) is 20.6 Å². The molecule has 4 rings (SSSR count). The molecule has 20 heavy (non-hydrogen) atoms. The molecule has 2 N–H and O–H groups in total. The van der Waals surface area contributed by atoms with Gasteiger partial charge in [-0.15, -0.1) is 15.3 Å². The molecule has 106 valence electrons. The molecule has 6 nitrogen and oxygen atoms in total. The van der Waals surface area contributed by atoms with Gasteiger partial charge in [-0.05, 0) is 37.8 Å². The Kier molecular flexibility index (Phi) is 2.84. The van der Waals surface area contributed by atoms with Crippen molar-refractivity contribution in [3.8, 4) is 0 Å². The minimum atomic E-state index is -0.273. The number of fused-ring (bicyclic) bond motifs is 1. The first-order valence-corrected chi connectivity index (χ1v) is 7.48. The quantitative estimate of drug-likeness (QED) is 0.890. The normalized spacial score (nSPS) is 26.9. The van der Waals surface area contributed by atoms with E-state index in [1.54, 1.807) is 0 Å². The van der Waals surface area contributed by atoms with Gasteiger partial charge in [0, 0.05) is 5.92 Å². The lowest BCUT2D eigenvalue weighted by atomic mass is 9.93. The highest BCUT2D eigenvalue weighted by Crippen LogP contribution is 2.38. The summed E-state index contributed by atoms with van der Waals surface area (Å²) in [6.07, 6.45) is 6.24. The molecule has 2 fully saturated rings. The monoisotopic (exact) mass is 273 g/mol. The maximum absolute atomic E-state index is 10.0. The van der Waals surface area contributed by atoms with E-state index in [0.29, 0.717) is 5.92 Å². The summed E-state index contributed by atoms with van der Waals surface area (Å²) in [5.41, 5.74) is 0.793. The van der Waals surface area contributed by atoms with Gasteiger partial charge in [0.1, 0.15) is 5.82 Å². The van der Waals surface area contributed by atoms with Crippen LogP contribution < -0.4 is 5.32 Å². The van der Waals surface area contributed by atoms with Crippen LogP contribution in [0.2, 0.25) is 0 Å². The Morgan fingerprint density at radius 1 is 1.10 bits per heavy atom. The van der Waals surface area contributed by atoms with E-state index in [1.807, 2.05) is 16.6 Å². The fraction of sp³-hybridized carbons (Fsp3) is 0.643. The number of hydrogen-bond donors (Lipinski definition) is 2. The molecule has 2 aliphatic rings. The number of aromatic nitrogens is 4. The minimum absolute atomic E-state index is 0.106. The molecular formula is C14H19N5O. The highest BCUT2D eigenvalue weighted by molar-refractivity contribution is 5.45. The molecule has 0 unspecified atom stereocenters. The van der Waals surface area contributed by atoms with E-state index in [9.17, 15) is 5.11 Å². The molecule has 0 radical (unpaired) electrons. The fourth-order valence-corrected chi connectivity index (χ4v) is 2.95. The summed E-state index contributed by atoms with van der Waals surface area (Å²) >= 11 is 0. The van der Waals surface area contributed by atoms with Crippen LogP contribution in [-0.4, -0.2) is 37.1 Å². The molecule has 0 aliphatic heterocycles. The van der Waals surface area contributed by atoms with Crippen LogP contribution in [0.5, 0.6) is 0 Å². The first-order valence-electron chi connectivity index (χ1n) is 7.48. The van der Waals surface area contributed by atoms with Crippen molar-refractivity contribution in [1.29, 1.82) is 0 Å². The topological polar surface area (TPSA) is 75.3 Å². The molecule has 0 bridgehead atoms. The third-order valence-corrected chi connectivity index (χ3v) is 4.29. The highest BCUT2D eigenvalue weighted by atomic mass is 16.3. The van der Waals surface area contributed by atoms with Crippen LogP contribution in [0.1, 0.15) is 50.3 Å². The van der Waals surface area contributed by atoms with Gasteiger partial charge in [0.15, 0.2) is 11.5 Å². The second kappa shape index (κ2) is 4.70. The highest BCUT2D eigenvalue weighted by Gasteiger charge is 2.29. The number of hydrogen-bond acceptors (Lipinski definition) is 5. The standard InChI is InChI=1S/C14H19N5O/c20-11-4-2-1-3-10(11)15-12-7-8-13-16-17-14(9-5-6-9)19(13)18-12/h7-11,20H,1-6H2,(H,15,18)/t10-,11-/m0/s1. The molecule has 0 spiro atoms. The first-order chi connectivity index (χ1) is 9.81. The summed E-state index contributed by atoms with van der Waals surface area (Å²) in [5, 5.41) is 26.4. The van der Waals surface area contributed by atoms with Gasteiger partial charge in [-0.3, -0.25) is 0 Å². The molecule has 2 aromatic rings. The third-order valence-electron chi connectivity index (χ3n) is 4.29. The zero-order valence-electron chi connectivity index (χ0n) is 11.4. The molecule has 6 heteroatoms. The molecular weight excluding hydrogens is 254 g/mol. The molecule has 2 aliphatic carbocycles. The predicted octanol–water partition coefficient (Wildman–Crippen LogP) is 1.72. The van der Waals surface area contributed by atoms with E-state index >= 15 is 0 Å². The lowest BCUT2D eigenvalue weighted by Gasteiger charge is -2.28. The zero-order chi connectivity index (χ0) is 13.5. The van der Waals surface area contributed by atoms with Gasteiger partial charge in [-0.2, -0.15) is 4.52 Å². The number of nitrogens with zero attached hydrogens (tertiary/aromatic N) is 4. The van der Waals surface area contributed by atoms with Crippen molar-refractivity contribution >= 4 is 11.5 Å². The van der Waals surface area contributed by atoms with Gasteiger partial charge in [-0.25, -0.2) is 0 Å². The van der Waals surface area contributed by atoms with Gasteiger partial charge in [-0.1, -0.05) is 12.8 Å². The lowest BCUT2D eigenvalue weighted by Crippen LogP contribution is -2.36. The Labute approximate surface area is 117 Å². The van der Waals surface area contributed by atoms with Gasteiger partial charge < -0.3 is 10.4 Å². The molecule has 0 aromatic carbocycles. The predicted molar refractivity (Wildman–Crippen MR) is 74.6 cm³/mol. The van der Waals surface area contributed by atoms with Crippen molar-refractivity contribution in [3.05, 3.63) is 18.0 Å². The summed E-state index contributed by atoms with van der Waals surface area (Å²) in [7, 11) is 0. The fourth-order valence-electron chi connectivity index (χ4n) is 2.95. The maximum Gasteiger partial charge on any atom is 0.178 e. The number of nitrogens with one attached hydrogen (secondary N) is 1. The second-order valence-electron chi connectivity index (χ2n) is 5.92. The van der Waals surface area contributed by atoms with E-state index < -0.39 is 0 Å². The summed E-state index contributed by atoms with van der Waals surface area (Å²) in [6, 6.07) is 3.96. The third kappa shape index (κ3) is 2.14. The van der Waals surface area contributed by atoms with Crippen LogP contribution in [0.25, 0.3) is 5.65 Å². The summed E-state index contributed by atoms with van der Waals surface area (Å²) in [6.45, 7) is 0. The van der Waals surface area contributed by atoms with Crippen molar-refractivity contribution in [2.75, 3.05) is 5.32 Å². The second-order valence-corrected chi connectivity index (χ2v) is 5.92. The number of rotatable bonds is 3. The zero-order valence-corrected chi connectivity index (χ0v) is 11.4. The average molecular weight is 273 g/mol. The van der Waals surface area contributed by atoms with Crippen molar-refractivity contribution in [2.24, 2.45) is 0 Å². The van der Waals surface area contributed by atoms with Crippen LogP contribution >= 0.6 is 0 Å². The smallest absolute Gasteiger partial charge is 0.178 e. The van der Waals surface area contributed by atoms with Crippen LogP contribution in [0, 0.1) is 0 Å². The molecule has 2 saturated carbocycles. The van der Waals surface area contributed by atoms with Crippen LogP contribution in [0.4, 0.5) is 5.82 Å². The molecule has 2 atom stereocenters. The Morgan fingerprint density at radius 2 is 1.95 bits per heavy atom. The van der Waals surface area contributed by atoms with Crippen LogP contribution in [0.15, 0.2) is 12.1 Å². The molecule has 2 heterocycles. The molecule has 0 amide bonds. The first kappa shape index (κ1) is 12.1. The van der Waals surface area contributed by atoms with Crippen molar-refractivity contribution in [1.82, 2.24) is 19.8 Å². The number of aliphatic hydroxyl groups excluding tert-OH is 1. The summed E-state index contributed by atoms with van der Waals surface area (Å²) in [5.74, 6) is 2.28. The summed E-state index contributed by atoms with van der Waals surface area (Å²) in [4.78, 5) is 0. The largest absolute Gasteiger partial charge is 0.391 e. The maximum atomic E-state index is 10.0. The Hall–Kier alpha value is -1.69. The van der Waals surface area contributed by atoms with Crippen molar-refractivity contribution in [3.63, 3.8) is 0 Å². The Balaban J connectivity index is 1.61. The number of aliphatic hydroxyl groups is 1. The van der Waals surface area contributed by atoms with E-state index in [4.69, 9.17) is 0 Å². The van der Waals surface area contributed by atoms with Crippen LogP contribution in [-0.2, 0) is 0 Å². The number of anilines is 1. The lowest BCUT2D eigenvalue weighted by molar-refractivity contribution is 0.116. The van der Waals surface area contributed by atoms with Crippen molar-refractivity contribution in [2.45, 2.75) is 56.6 Å². The van der Waals surface area contributed by atoms with E-state index in [-0.39, 0.29) is 12.1 Å². The van der Waals surface area contributed by atoms with E-state index in [0.717, 1.165) is 43.0 Å². The average Bonchev–Trinajstić information content (AvgIpc) is 3.22. The Bertz CT molecular complexity index is 621. The van der Waals surface area contributed by atoms with Gasteiger partial charge in [0.2, 0.25) is 0 Å². The van der Waals surface area contributed by atoms with Crippen LogP contribution in [0.3, 0.4) is 0 Å². The summed E-state index contributed by atoms with van der Waals surface area (Å²) < 4.78 is 1.84. The SMILES string of the molecule is O[C@H]1CCCC[C@@H]1Nc1ccc2nnc(C3CC3)n2n1. The van der Waals surface area contributed by atoms with Crippen molar-refractivity contribution < 1.29 is 5.11 Å². The molecule has 2 aromatic heterocycles. The molecule has 0 saturated heterocycles. The Morgan fingerprint density at radius 3 is 2.75 bits per heavy atom. The minimum Gasteiger partial charge on any atom is -0.391 e. The van der Waals surface area contributed by atoms with Gasteiger partial charge in [0.05, 0.1) is 12.1 Å². The van der Waals surface area contributed by atoms with Gasteiger partial charge in [0.25, 0.3) is 0 Å².